The van der Waals surface area contributed by atoms with Crippen molar-refractivity contribution in [3.8, 4) is 0 Å². The number of carbonyl (C=O) groups is 2. The number of likely N-dealkylation sites (tertiary alicyclic amines) is 2. The van der Waals surface area contributed by atoms with Crippen molar-refractivity contribution < 1.29 is 9.59 Å². The molecule has 0 saturated carbocycles. The van der Waals surface area contributed by atoms with Crippen LogP contribution in [0.1, 0.15) is 34.6 Å². The highest BCUT2D eigenvalue weighted by molar-refractivity contribution is 5.96. The number of aryl methyl sites for hydroxylation is 1. The zero-order valence-electron chi connectivity index (χ0n) is 17.3. The van der Waals surface area contributed by atoms with Gasteiger partial charge in [0.25, 0.3) is 5.91 Å². The summed E-state index contributed by atoms with van der Waals surface area (Å²) in [5.74, 6) is 0.627. The second kappa shape index (κ2) is 7.24. The molecule has 0 aliphatic carbocycles. The number of carbonyl (C=O) groups excluding carboxylic acids is 2. The van der Waals surface area contributed by atoms with E-state index in [1.807, 2.05) is 52.3 Å². The van der Waals surface area contributed by atoms with Crippen molar-refractivity contribution in [3.63, 3.8) is 0 Å². The third-order valence-electron chi connectivity index (χ3n) is 6.73. The van der Waals surface area contributed by atoms with Crippen LogP contribution >= 0.6 is 0 Å². The fourth-order valence-electron chi connectivity index (χ4n) is 5.18. The topological polar surface area (TPSA) is 53.5 Å². The lowest BCUT2D eigenvalue weighted by molar-refractivity contribution is -0.128. The highest BCUT2D eigenvalue weighted by atomic mass is 16.2. The molecule has 0 bridgehead atoms. The zero-order chi connectivity index (χ0) is 20.8. The van der Waals surface area contributed by atoms with Crippen LogP contribution in [0.25, 0.3) is 10.8 Å². The zero-order valence-corrected chi connectivity index (χ0v) is 17.3. The Balaban J connectivity index is 1.53. The van der Waals surface area contributed by atoms with Crippen LogP contribution in [-0.4, -0.2) is 46.2 Å². The summed E-state index contributed by atoms with van der Waals surface area (Å²) in [6.45, 7) is 5.80. The Morgan fingerprint density at radius 1 is 0.967 bits per heavy atom. The van der Waals surface area contributed by atoms with Crippen LogP contribution in [0.15, 0.2) is 60.8 Å². The average Bonchev–Trinajstić information content (AvgIpc) is 3.32. The van der Waals surface area contributed by atoms with Gasteiger partial charge in [0.1, 0.15) is 5.69 Å². The molecular formula is C25H25N3O2. The van der Waals surface area contributed by atoms with Gasteiger partial charge in [-0.2, -0.15) is 0 Å². The van der Waals surface area contributed by atoms with Crippen molar-refractivity contribution in [3.05, 3.63) is 77.6 Å². The first kappa shape index (κ1) is 18.8. The Morgan fingerprint density at radius 3 is 2.47 bits per heavy atom. The second-order valence-electron chi connectivity index (χ2n) is 8.52. The van der Waals surface area contributed by atoms with E-state index in [2.05, 4.69) is 24.0 Å². The molecule has 30 heavy (non-hydrogen) atoms. The van der Waals surface area contributed by atoms with Crippen molar-refractivity contribution >= 4 is 22.6 Å². The van der Waals surface area contributed by atoms with E-state index in [0.717, 1.165) is 17.3 Å². The van der Waals surface area contributed by atoms with E-state index in [0.29, 0.717) is 24.7 Å². The van der Waals surface area contributed by atoms with E-state index in [1.165, 1.54) is 11.1 Å². The van der Waals surface area contributed by atoms with E-state index >= 15 is 0 Å². The van der Waals surface area contributed by atoms with Crippen molar-refractivity contribution in [1.82, 2.24) is 14.8 Å². The largest absolute Gasteiger partial charge is 0.342 e. The van der Waals surface area contributed by atoms with Crippen LogP contribution in [0, 0.1) is 18.8 Å². The first-order valence-corrected chi connectivity index (χ1v) is 10.5. The summed E-state index contributed by atoms with van der Waals surface area (Å²) in [6, 6.07) is 18.1. The third kappa shape index (κ3) is 3.05. The van der Waals surface area contributed by atoms with Crippen molar-refractivity contribution in [2.45, 2.75) is 19.9 Å². The van der Waals surface area contributed by atoms with Crippen LogP contribution in [0.2, 0.25) is 0 Å². The Kier molecular flexibility index (Phi) is 4.54. The van der Waals surface area contributed by atoms with Gasteiger partial charge in [0, 0.05) is 50.0 Å². The first-order valence-electron chi connectivity index (χ1n) is 10.5. The molecule has 2 aliphatic rings. The maximum Gasteiger partial charge on any atom is 0.273 e. The van der Waals surface area contributed by atoms with Gasteiger partial charge in [0.15, 0.2) is 0 Å². The number of pyridine rings is 1. The van der Waals surface area contributed by atoms with Crippen molar-refractivity contribution in [1.29, 1.82) is 0 Å². The SMILES string of the molecule is CC(=O)N1C[C@H]2CN(C(=O)c3cc4ccccc4cn3)[C@H](c3ccccc3C)[C@H]2C1. The normalized spacial score (nSPS) is 23.1. The quantitative estimate of drug-likeness (QED) is 0.658. The fourth-order valence-corrected chi connectivity index (χ4v) is 5.18. The summed E-state index contributed by atoms with van der Waals surface area (Å²) in [4.78, 5) is 34.0. The molecule has 5 rings (SSSR count). The Morgan fingerprint density at radius 2 is 1.70 bits per heavy atom. The predicted octanol–water partition coefficient (Wildman–Crippen LogP) is 3.83. The summed E-state index contributed by atoms with van der Waals surface area (Å²) < 4.78 is 0. The minimum Gasteiger partial charge on any atom is -0.342 e. The van der Waals surface area contributed by atoms with Gasteiger partial charge in [-0.25, -0.2) is 0 Å². The number of nitrogens with zero attached hydrogens (tertiary/aromatic N) is 3. The van der Waals surface area contributed by atoms with Crippen molar-refractivity contribution in [2.75, 3.05) is 19.6 Å². The van der Waals surface area contributed by atoms with Crippen LogP contribution < -0.4 is 0 Å². The summed E-state index contributed by atoms with van der Waals surface area (Å²) in [5.41, 5.74) is 2.83. The third-order valence-corrected chi connectivity index (χ3v) is 6.73. The molecule has 3 heterocycles. The standard InChI is InChI=1S/C25H25N3O2/c1-16-7-3-6-10-21(16)24-22-15-27(17(2)29)13-20(22)14-28(24)25(30)23-11-18-8-4-5-9-19(18)12-26-23/h3-12,20,22,24H,13-15H2,1-2H3/t20-,22-,24+/m0/s1. The van der Waals surface area contributed by atoms with Crippen LogP contribution in [0.4, 0.5) is 0 Å². The summed E-state index contributed by atoms with van der Waals surface area (Å²) in [6.07, 6.45) is 1.78. The highest BCUT2D eigenvalue weighted by Crippen LogP contribution is 2.46. The minimum atomic E-state index is -0.0404. The van der Waals surface area contributed by atoms with E-state index in [4.69, 9.17) is 0 Å². The van der Waals surface area contributed by atoms with Gasteiger partial charge in [0.2, 0.25) is 5.91 Å². The van der Waals surface area contributed by atoms with Crippen LogP contribution in [0.3, 0.4) is 0 Å². The molecule has 2 aromatic carbocycles. The second-order valence-corrected chi connectivity index (χ2v) is 8.52. The number of aromatic nitrogens is 1. The maximum atomic E-state index is 13.6. The number of fused-ring (bicyclic) bond motifs is 2. The predicted molar refractivity (Wildman–Crippen MR) is 116 cm³/mol. The van der Waals surface area contributed by atoms with Gasteiger partial charge >= 0.3 is 0 Å². The lowest BCUT2D eigenvalue weighted by Crippen LogP contribution is -2.37. The maximum absolute atomic E-state index is 13.6. The van der Waals surface area contributed by atoms with Gasteiger partial charge in [-0.05, 0) is 29.5 Å². The Labute approximate surface area is 176 Å². The Hall–Kier alpha value is -3.21. The molecule has 152 valence electrons. The fraction of sp³-hybridized carbons (Fsp3) is 0.320. The molecule has 0 unspecified atom stereocenters. The molecule has 2 amide bonds. The molecule has 2 fully saturated rings. The summed E-state index contributed by atoms with van der Waals surface area (Å²) in [7, 11) is 0. The number of hydrogen-bond donors (Lipinski definition) is 0. The van der Waals surface area contributed by atoms with E-state index < -0.39 is 0 Å². The molecule has 2 aliphatic heterocycles. The van der Waals surface area contributed by atoms with Gasteiger partial charge in [-0.3, -0.25) is 14.6 Å². The van der Waals surface area contributed by atoms with Gasteiger partial charge in [-0.15, -0.1) is 0 Å². The molecule has 3 aromatic rings. The summed E-state index contributed by atoms with van der Waals surface area (Å²) in [5, 5.41) is 2.05. The van der Waals surface area contributed by atoms with E-state index in [9.17, 15) is 9.59 Å². The molecule has 0 N–H and O–H groups in total. The molecule has 1 aromatic heterocycles. The smallest absolute Gasteiger partial charge is 0.273 e. The van der Waals surface area contributed by atoms with Crippen molar-refractivity contribution in [2.24, 2.45) is 11.8 Å². The molecule has 0 radical (unpaired) electrons. The monoisotopic (exact) mass is 399 g/mol. The minimum absolute atomic E-state index is 0.0298. The molecule has 3 atom stereocenters. The lowest BCUT2D eigenvalue weighted by atomic mass is 9.87. The summed E-state index contributed by atoms with van der Waals surface area (Å²) >= 11 is 0. The average molecular weight is 399 g/mol. The molecule has 5 heteroatoms. The van der Waals surface area contributed by atoms with Gasteiger partial charge < -0.3 is 9.80 Å². The van der Waals surface area contributed by atoms with Crippen LogP contribution in [0.5, 0.6) is 0 Å². The number of hydrogen-bond acceptors (Lipinski definition) is 3. The van der Waals surface area contributed by atoms with Crippen LogP contribution in [-0.2, 0) is 4.79 Å². The van der Waals surface area contributed by atoms with E-state index in [-0.39, 0.29) is 23.8 Å². The lowest BCUT2D eigenvalue weighted by Gasteiger charge is -2.30. The number of rotatable bonds is 2. The molecule has 2 saturated heterocycles. The molecular weight excluding hydrogens is 374 g/mol. The first-order chi connectivity index (χ1) is 14.5. The number of amides is 2. The van der Waals surface area contributed by atoms with Gasteiger partial charge in [0.05, 0.1) is 6.04 Å². The Bertz CT molecular complexity index is 1140. The highest BCUT2D eigenvalue weighted by Gasteiger charge is 2.50. The van der Waals surface area contributed by atoms with Gasteiger partial charge in [-0.1, -0.05) is 48.5 Å². The molecule has 5 nitrogen and oxygen atoms in total. The number of benzene rings is 2. The molecule has 0 spiro atoms. The van der Waals surface area contributed by atoms with E-state index in [1.54, 1.807) is 13.1 Å².